The largest absolute Gasteiger partial charge is 0.574 e. The molecular formula is C11H9F5N2O5. The molecule has 7 nitrogen and oxygen atoms in total. The molecule has 0 aromatic carbocycles. The van der Waals surface area contributed by atoms with Gasteiger partial charge in [0.2, 0.25) is 0 Å². The summed E-state index contributed by atoms with van der Waals surface area (Å²) in [6, 6.07) is 0.461. The summed E-state index contributed by atoms with van der Waals surface area (Å²) in [6.07, 6.45) is -9.60. The molecule has 1 rings (SSSR count). The van der Waals surface area contributed by atoms with Gasteiger partial charge in [-0.2, -0.15) is 0 Å². The van der Waals surface area contributed by atoms with Crippen LogP contribution in [-0.2, 0) is 16.0 Å². The minimum atomic E-state index is -5.39. The van der Waals surface area contributed by atoms with Gasteiger partial charge in [0.15, 0.2) is 0 Å². The van der Waals surface area contributed by atoms with E-state index in [1.165, 1.54) is 6.92 Å². The van der Waals surface area contributed by atoms with E-state index in [4.69, 9.17) is 0 Å². The predicted molar refractivity (Wildman–Crippen MR) is 62.9 cm³/mol. The van der Waals surface area contributed by atoms with Gasteiger partial charge >= 0.3 is 23.9 Å². The lowest BCUT2D eigenvalue weighted by Gasteiger charge is -2.12. The van der Waals surface area contributed by atoms with Crippen molar-refractivity contribution in [3.05, 3.63) is 27.4 Å². The highest BCUT2D eigenvalue weighted by Crippen LogP contribution is 2.36. The molecule has 0 bridgehead atoms. The van der Waals surface area contributed by atoms with E-state index in [0.29, 0.717) is 6.07 Å². The molecule has 12 heteroatoms. The van der Waals surface area contributed by atoms with Crippen LogP contribution in [0, 0.1) is 10.1 Å². The Bertz CT molecular complexity index is 605. The van der Waals surface area contributed by atoms with Crippen LogP contribution in [0.15, 0.2) is 6.07 Å². The van der Waals surface area contributed by atoms with Crippen LogP contribution in [0.1, 0.15) is 24.6 Å². The van der Waals surface area contributed by atoms with Gasteiger partial charge in [0.05, 0.1) is 18.0 Å². The summed E-state index contributed by atoms with van der Waals surface area (Å²) >= 11 is 0. The van der Waals surface area contributed by atoms with Crippen molar-refractivity contribution in [3.8, 4) is 5.88 Å². The van der Waals surface area contributed by atoms with Crippen molar-refractivity contribution >= 4 is 11.7 Å². The molecule has 0 unspecified atom stereocenters. The smallest absolute Gasteiger partial charge is 0.466 e. The molecule has 0 fully saturated rings. The summed E-state index contributed by atoms with van der Waals surface area (Å²) < 4.78 is 70.0. The van der Waals surface area contributed by atoms with Crippen molar-refractivity contribution in [2.75, 3.05) is 6.61 Å². The number of hydrogen-bond acceptors (Lipinski definition) is 6. The molecule has 1 aromatic rings. The maximum atomic E-state index is 12.7. The minimum absolute atomic E-state index is 0.106. The SMILES string of the molecule is CCOC(=O)Cc1cc(C(F)F)nc(OC(F)(F)F)c1[N+](=O)[O-]. The van der Waals surface area contributed by atoms with Crippen molar-refractivity contribution in [2.45, 2.75) is 26.1 Å². The van der Waals surface area contributed by atoms with E-state index < -0.39 is 52.9 Å². The maximum absolute atomic E-state index is 12.7. The number of carbonyl (C=O) groups excluding carboxylic acids is 1. The second-order valence-electron chi connectivity index (χ2n) is 3.95. The average molecular weight is 344 g/mol. The third-order valence-electron chi connectivity index (χ3n) is 2.32. The molecule has 0 amide bonds. The van der Waals surface area contributed by atoms with Crippen LogP contribution < -0.4 is 4.74 Å². The number of aromatic nitrogens is 1. The van der Waals surface area contributed by atoms with Gasteiger partial charge in [0.1, 0.15) is 5.69 Å². The van der Waals surface area contributed by atoms with Gasteiger partial charge in [-0.25, -0.2) is 13.8 Å². The molecule has 0 saturated heterocycles. The Hall–Kier alpha value is -2.53. The van der Waals surface area contributed by atoms with Crippen molar-refractivity contribution in [1.82, 2.24) is 4.98 Å². The Morgan fingerprint density at radius 1 is 1.43 bits per heavy atom. The summed E-state index contributed by atoms with van der Waals surface area (Å²) in [4.78, 5) is 23.8. The number of alkyl halides is 5. The molecule has 0 atom stereocenters. The van der Waals surface area contributed by atoms with Gasteiger partial charge in [-0.15, -0.1) is 13.2 Å². The summed E-state index contributed by atoms with van der Waals surface area (Å²) in [5.41, 5.74) is -3.26. The number of hydrogen-bond donors (Lipinski definition) is 0. The van der Waals surface area contributed by atoms with Crippen LogP contribution in [0.2, 0.25) is 0 Å². The summed E-state index contributed by atoms with van der Waals surface area (Å²) in [5, 5.41) is 10.9. The zero-order chi connectivity index (χ0) is 17.8. The molecule has 0 spiro atoms. The number of pyridine rings is 1. The number of carbonyl (C=O) groups is 1. The second-order valence-corrected chi connectivity index (χ2v) is 3.95. The third kappa shape index (κ3) is 5.30. The summed E-state index contributed by atoms with van der Waals surface area (Å²) in [5.74, 6) is -2.71. The monoisotopic (exact) mass is 344 g/mol. The standard InChI is InChI=1S/C11H9F5N2O5/c1-2-22-7(19)4-5-3-6(9(12)13)17-10(8(5)18(20)21)23-11(14,15)16/h3,9H,2,4H2,1H3. The summed E-state index contributed by atoms with van der Waals surface area (Å²) in [7, 11) is 0. The first-order valence-corrected chi connectivity index (χ1v) is 5.92. The van der Waals surface area contributed by atoms with Gasteiger partial charge in [-0.05, 0) is 13.0 Å². The molecule has 1 heterocycles. The number of halogens is 5. The van der Waals surface area contributed by atoms with Gasteiger partial charge < -0.3 is 9.47 Å². The fraction of sp³-hybridized carbons (Fsp3) is 0.455. The zero-order valence-electron chi connectivity index (χ0n) is 11.4. The molecule has 0 aliphatic carbocycles. The van der Waals surface area contributed by atoms with Crippen molar-refractivity contribution < 1.29 is 41.1 Å². The Kier molecular flexibility index (Phi) is 5.76. The highest BCUT2D eigenvalue weighted by molar-refractivity contribution is 5.75. The predicted octanol–water partition coefficient (Wildman–Crippen LogP) is 2.93. The minimum Gasteiger partial charge on any atom is -0.466 e. The molecule has 128 valence electrons. The van der Waals surface area contributed by atoms with Crippen molar-refractivity contribution in [2.24, 2.45) is 0 Å². The highest BCUT2D eigenvalue weighted by Gasteiger charge is 2.38. The normalized spacial score (nSPS) is 11.4. The molecule has 23 heavy (non-hydrogen) atoms. The number of nitro groups is 1. The van der Waals surface area contributed by atoms with Crippen LogP contribution in [0.3, 0.4) is 0 Å². The van der Waals surface area contributed by atoms with Gasteiger partial charge in [-0.1, -0.05) is 0 Å². The molecular weight excluding hydrogens is 335 g/mol. The average Bonchev–Trinajstić information content (AvgIpc) is 2.35. The van der Waals surface area contributed by atoms with E-state index in [0.717, 1.165) is 0 Å². The van der Waals surface area contributed by atoms with Crippen LogP contribution in [0.25, 0.3) is 0 Å². The fourth-order valence-electron chi connectivity index (χ4n) is 1.58. The Balaban J connectivity index is 3.44. The van der Waals surface area contributed by atoms with Gasteiger partial charge in [-0.3, -0.25) is 14.9 Å². The van der Waals surface area contributed by atoms with E-state index in [2.05, 4.69) is 14.5 Å². The van der Waals surface area contributed by atoms with E-state index in [1.54, 1.807) is 0 Å². The Morgan fingerprint density at radius 3 is 2.48 bits per heavy atom. The molecule has 0 saturated carbocycles. The number of ether oxygens (including phenoxy) is 2. The second kappa shape index (κ2) is 7.15. The third-order valence-corrected chi connectivity index (χ3v) is 2.32. The molecule has 0 aliphatic rings. The highest BCUT2D eigenvalue weighted by atomic mass is 19.4. The lowest BCUT2D eigenvalue weighted by Crippen LogP contribution is -2.20. The van der Waals surface area contributed by atoms with E-state index in [1.807, 2.05) is 0 Å². The number of nitrogens with zero attached hydrogens (tertiary/aromatic N) is 2. The first-order valence-electron chi connectivity index (χ1n) is 5.92. The van der Waals surface area contributed by atoms with Crippen LogP contribution >= 0.6 is 0 Å². The molecule has 1 aromatic heterocycles. The Morgan fingerprint density at radius 2 is 2.04 bits per heavy atom. The maximum Gasteiger partial charge on any atom is 0.574 e. The Labute approximate surface area is 125 Å². The van der Waals surface area contributed by atoms with Crippen molar-refractivity contribution in [3.63, 3.8) is 0 Å². The number of esters is 1. The van der Waals surface area contributed by atoms with Crippen LogP contribution in [-0.4, -0.2) is 28.8 Å². The van der Waals surface area contributed by atoms with Crippen LogP contribution in [0.4, 0.5) is 27.6 Å². The molecule has 0 radical (unpaired) electrons. The van der Waals surface area contributed by atoms with Gasteiger partial charge in [0, 0.05) is 5.56 Å². The fourth-order valence-corrected chi connectivity index (χ4v) is 1.58. The zero-order valence-corrected chi connectivity index (χ0v) is 11.4. The van der Waals surface area contributed by atoms with E-state index >= 15 is 0 Å². The molecule has 0 N–H and O–H groups in total. The quantitative estimate of drug-likeness (QED) is 0.341. The lowest BCUT2D eigenvalue weighted by atomic mass is 10.1. The lowest BCUT2D eigenvalue weighted by molar-refractivity contribution is -0.389. The van der Waals surface area contributed by atoms with Crippen LogP contribution in [0.5, 0.6) is 5.88 Å². The van der Waals surface area contributed by atoms with E-state index in [9.17, 15) is 36.9 Å². The number of rotatable bonds is 6. The summed E-state index contributed by atoms with van der Waals surface area (Å²) in [6.45, 7) is 1.31. The molecule has 0 aliphatic heterocycles. The van der Waals surface area contributed by atoms with Crippen molar-refractivity contribution in [1.29, 1.82) is 0 Å². The van der Waals surface area contributed by atoms with E-state index in [-0.39, 0.29) is 6.61 Å². The first-order chi connectivity index (χ1) is 10.5. The van der Waals surface area contributed by atoms with Gasteiger partial charge in [0.25, 0.3) is 6.43 Å². The first kappa shape index (κ1) is 18.5. The topological polar surface area (TPSA) is 91.6 Å².